The second-order valence-corrected chi connectivity index (χ2v) is 7.64. The van der Waals surface area contributed by atoms with Gasteiger partial charge in [0.05, 0.1) is 19.0 Å². The van der Waals surface area contributed by atoms with Gasteiger partial charge >= 0.3 is 0 Å². The summed E-state index contributed by atoms with van der Waals surface area (Å²) in [6, 6.07) is 3.97. The lowest BCUT2D eigenvalue weighted by atomic mass is 9.83. The van der Waals surface area contributed by atoms with Gasteiger partial charge in [-0.2, -0.15) is 0 Å². The quantitative estimate of drug-likeness (QED) is 0.860. The molecule has 1 saturated heterocycles. The standard InChI is InChI=1S/C12H19NO4S2/c13-19(14,15)10-12(3-5-16-6-4-12)9-17-8-11-2-1-7-18-11/h1-2,7H,3-6,8-10H2,(H2,13,14,15). The van der Waals surface area contributed by atoms with E-state index in [9.17, 15) is 8.42 Å². The number of hydrogen-bond acceptors (Lipinski definition) is 5. The van der Waals surface area contributed by atoms with Crippen LogP contribution >= 0.6 is 11.3 Å². The normalized spacial score (nSPS) is 19.4. The minimum absolute atomic E-state index is 0.0339. The highest BCUT2D eigenvalue weighted by Gasteiger charge is 2.36. The van der Waals surface area contributed by atoms with Gasteiger partial charge in [-0.3, -0.25) is 0 Å². The van der Waals surface area contributed by atoms with Gasteiger partial charge < -0.3 is 9.47 Å². The highest BCUT2D eigenvalue weighted by atomic mass is 32.2. The molecule has 108 valence electrons. The summed E-state index contributed by atoms with van der Waals surface area (Å²) in [5.74, 6) is -0.0339. The molecule has 0 spiro atoms. The van der Waals surface area contributed by atoms with Crippen LogP contribution < -0.4 is 5.14 Å². The number of nitrogens with two attached hydrogens (primary N) is 1. The fourth-order valence-corrected chi connectivity index (χ4v) is 4.19. The summed E-state index contributed by atoms with van der Waals surface area (Å²) >= 11 is 1.63. The predicted molar refractivity (Wildman–Crippen MR) is 74.4 cm³/mol. The maximum absolute atomic E-state index is 11.4. The van der Waals surface area contributed by atoms with Crippen LogP contribution in [-0.4, -0.2) is 34.0 Å². The van der Waals surface area contributed by atoms with Crippen molar-refractivity contribution < 1.29 is 17.9 Å². The van der Waals surface area contributed by atoms with Crippen LogP contribution in [0.4, 0.5) is 0 Å². The molecule has 2 heterocycles. The molecule has 2 rings (SSSR count). The van der Waals surface area contributed by atoms with Gasteiger partial charge in [-0.1, -0.05) is 6.07 Å². The summed E-state index contributed by atoms with van der Waals surface area (Å²) in [6.07, 6.45) is 1.35. The summed E-state index contributed by atoms with van der Waals surface area (Å²) in [5.41, 5.74) is -0.400. The molecule has 0 aromatic carbocycles. The zero-order valence-electron chi connectivity index (χ0n) is 10.7. The van der Waals surface area contributed by atoms with Crippen LogP contribution in [0.15, 0.2) is 17.5 Å². The maximum atomic E-state index is 11.4. The summed E-state index contributed by atoms with van der Waals surface area (Å²) in [7, 11) is -3.50. The molecule has 1 aromatic rings. The number of ether oxygens (including phenoxy) is 2. The van der Waals surface area contributed by atoms with Gasteiger partial charge in [0.15, 0.2) is 0 Å². The van der Waals surface area contributed by atoms with E-state index in [-0.39, 0.29) is 5.75 Å². The molecule has 1 aromatic heterocycles. The summed E-state index contributed by atoms with van der Waals surface area (Å²) in [5, 5.41) is 7.19. The number of rotatable bonds is 6. The lowest BCUT2D eigenvalue weighted by Crippen LogP contribution is -2.41. The van der Waals surface area contributed by atoms with Crippen LogP contribution in [0.1, 0.15) is 17.7 Å². The van der Waals surface area contributed by atoms with Crippen molar-refractivity contribution in [1.82, 2.24) is 0 Å². The monoisotopic (exact) mass is 305 g/mol. The summed E-state index contributed by atoms with van der Waals surface area (Å²) in [4.78, 5) is 1.14. The topological polar surface area (TPSA) is 78.6 Å². The zero-order chi connectivity index (χ0) is 13.8. The smallest absolute Gasteiger partial charge is 0.209 e. The van der Waals surface area contributed by atoms with Crippen molar-refractivity contribution in [2.24, 2.45) is 10.6 Å². The van der Waals surface area contributed by atoms with Crippen LogP contribution in [0.2, 0.25) is 0 Å². The van der Waals surface area contributed by atoms with E-state index in [1.807, 2.05) is 17.5 Å². The molecule has 0 bridgehead atoms. The highest BCUT2D eigenvalue weighted by molar-refractivity contribution is 7.89. The number of sulfonamides is 1. The molecular weight excluding hydrogens is 286 g/mol. The number of hydrogen-bond donors (Lipinski definition) is 1. The molecule has 0 amide bonds. The average molecular weight is 305 g/mol. The van der Waals surface area contributed by atoms with Crippen molar-refractivity contribution in [3.05, 3.63) is 22.4 Å². The van der Waals surface area contributed by atoms with E-state index in [0.717, 1.165) is 4.88 Å². The minimum Gasteiger partial charge on any atom is -0.381 e. The van der Waals surface area contributed by atoms with E-state index in [2.05, 4.69) is 0 Å². The fourth-order valence-electron chi connectivity index (χ4n) is 2.32. The van der Waals surface area contributed by atoms with Gasteiger partial charge in [0, 0.05) is 23.5 Å². The molecule has 0 saturated carbocycles. The second kappa shape index (κ2) is 6.32. The largest absolute Gasteiger partial charge is 0.381 e. The Labute approximate surface area is 117 Å². The first-order valence-corrected chi connectivity index (χ1v) is 8.77. The second-order valence-electron chi connectivity index (χ2n) is 4.99. The van der Waals surface area contributed by atoms with E-state index < -0.39 is 15.4 Å². The van der Waals surface area contributed by atoms with Gasteiger partial charge in [-0.15, -0.1) is 11.3 Å². The van der Waals surface area contributed by atoms with Crippen LogP contribution in [0.5, 0.6) is 0 Å². The Hall–Kier alpha value is -0.470. The molecule has 7 heteroatoms. The average Bonchev–Trinajstić information content (AvgIpc) is 2.81. The van der Waals surface area contributed by atoms with Crippen molar-refractivity contribution in [2.45, 2.75) is 19.4 Å². The molecule has 0 unspecified atom stereocenters. The van der Waals surface area contributed by atoms with Gasteiger partial charge in [0.2, 0.25) is 10.0 Å². The van der Waals surface area contributed by atoms with E-state index in [4.69, 9.17) is 14.6 Å². The third-order valence-corrected chi connectivity index (χ3v) is 5.16. The van der Waals surface area contributed by atoms with Crippen LogP contribution in [0.25, 0.3) is 0 Å². The van der Waals surface area contributed by atoms with Crippen LogP contribution in [0.3, 0.4) is 0 Å². The minimum atomic E-state index is -3.50. The first-order valence-electron chi connectivity index (χ1n) is 6.18. The predicted octanol–water partition coefficient (Wildman–Crippen LogP) is 1.35. The van der Waals surface area contributed by atoms with Gasteiger partial charge in [0.1, 0.15) is 0 Å². The van der Waals surface area contributed by atoms with Gasteiger partial charge in [-0.25, -0.2) is 13.6 Å². The van der Waals surface area contributed by atoms with E-state index in [1.54, 1.807) is 11.3 Å². The van der Waals surface area contributed by atoms with E-state index >= 15 is 0 Å². The third kappa shape index (κ3) is 4.85. The van der Waals surface area contributed by atoms with E-state index in [0.29, 0.717) is 39.3 Å². The van der Waals surface area contributed by atoms with Crippen LogP contribution in [-0.2, 0) is 26.1 Å². The molecule has 5 nitrogen and oxygen atoms in total. The van der Waals surface area contributed by atoms with Gasteiger partial charge in [0.25, 0.3) is 0 Å². The molecule has 0 radical (unpaired) electrons. The first kappa shape index (κ1) is 14.9. The Morgan fingerprint density at radius 1 is 1.42 bits per heavy atom. The molecule has 0 aliphatic carbocycles. The van der Waals surface area contributed by atoms with Crippen molar-refractivity contribution >= 4 is 21.4 Å². The van der Waals surface area contributed by atoms with Gasteiger partial charge in [-0.05, 0) is 24.3 Å². The molecule has 2 N–H and O–H groups in total. The number of primary sulfonamides is 1. The van der Waals surface area contributed by atoms with Crippen molar-refractivity contribution in [2.75, 3.05) is 25.6 Å². The summed E-state index contributed by atoms with van der Waals surface area (Å²) < 4.78 is 33.8. The van der Waals surface area contributed by atoms with Crippen LogP contribution in [0, 0.1) is 5.41 Å². The van der Waals surface area contributed by atoms with Crippen molar-refractivity contribution in [1.29, 1.82) is 0 Å². The lowest BCUT2D eigenvalue weighted by molar-refractivity contribution is -0.0320. The molecule has 1 fully saturated rings. The Kier molecular flexibility index (Phi) is 4.97. The Morgan fingerprint density at radius 2 is 2.16 bits per heavy atom. The zero-order valence-corrected chi connectivity index (χ0v) is 12.3. The SMILES string of the molecule is NS(=O)(=O)CC1(COCc2cccs2)CCOCC1. The first-order chi connectivity index (χ1) is 8.99. The van der Waals surface area contributed by atoms with E-state index in [1.165, 1.54) is 0 Å². The Morgan fingerprint density at radius 3 is 2.74 bits per heavy atom. The number of thiophene rings is 1. The molecule has 1 aliphatic heterocycles. The maximum Gasteiger partial charge on any atom is 0.209 e. The molecule has 0 atom stereocenters. The molecule has 19 heavy (non-hydrogen) atoms. The Balaban J connectivity index is 1.93. The third-order valence-electron chi connectivity index (χ3n) is 3.29. The van der Waals surface area contributed by atoms with Crippen molar-refractivity contribution in [3.8, 4) is 0 Å². The van der Waals surface area contributed by atoms with Crippen molar-refractivity contribution in [3.63, 3.8) is 0 Å². The fraction of sp³-hybridized carbons (Fsp3) is 0.667. The molecular formula is C12H19NO4S2. The highest BCUT2D eigenvalue weighted by Crippen LogP contribution is 2.32. The Bertz CT molecular complexity index is 478. The lowest BCUT2D eigenvalue weighted by Gasteiger charge is -2.36. The molecule has 1 aliphatic rings. The summed E-state index contributed by atoms with van der Waals surface area (Å²) in [6.45, 7) is 2.06.